The van der Waals surface area contributed by atoms with Gasteiger partial charge in [-0.2, -0.15) is 0 Å². The topological polar surface area (TPSA) is 110 Å². The predicted octanol–water partition coefficient (Wildman–Crippen LogP) is 1.69. The molecule has 0 aromatic heterocycles. The molecule has 30 heavy (non-hydrogen) atoms. The van der Waals surface area contributed by atoms with Crippen LogP contribution in [0.4, 0.5) is 0 Å². The van der Waals surface area contributed by atoms with Crippen molar-refractivity contribution in [3.05, 3.63) is 54.6 Å². The summed E-state index contributed by atoms with van der Waals surface area (Å²) in [6.07, 6.45) is 1.72. The number of ether oxygens (including phenoxy) is 1. The summed E-state index contributed by atoms with van der Waals surface area (Å²) in [4.78, 5) is 14.0. The third-order valence-electron chi connectivity index (χ3n) is 4.25. The van der Waals surface area contributed by atoms with Crippen molar-refractivity contribution in [1.29, 1.82) is 0 Å². The number of sulfone groups is 1. The fourth-order valence-corrected chi connectivity index (χ4v) is 4.29. The molecule has 2 aromatic carbocycles. The maximum Gasteiger partial charge on any atom is 0.240 e. The van der Waals surface area contributed by atoms with E-state index in [1.54, 1.807) is 37.4 Å². The second kappa shape index (κ2) is 10.6. The summed E-state index contributed by atoms with van der Waals surface area (Å²) in [6, 6.07) is 14.2. The highest BCUT2D eigenvalue weighted by Crippen LogP contribution is 2.17. The van der Waals surface area contributed by atoms with E-state index in [1.807, 2.05) is 0 Å². The SMILES string of the molecule is CN(CCCOc1cccc(S(C)(=O)=O)c1)C(=O)CCNS(=O)(=O)c1ccccc1. The Hall–Kier alpha value is -2.43. The predicted molar refractivity (Wildman–Crippen MR) is 114 cm³/mol. The van der Waals surface area contributed by atoms with Gasteiger partial charge in [-0.1, -0.05) is 24.3 Å². The molecule has 0 radical (unpaired) electrons. The standard InChI is InChI=1S/C20H26N2O6S2/c1-22(14-7-15-28-17-8-6-11-19(16-17)29(2,24)25)20(23)12-13-21-30(26,27)18-9-4-3-5-10-18/h3-6,8-11,16,21H,7,12-15H2,1-2H3. The molecule has 1 N–H and O–H groups in total. The molecule has 2 rings (SSSR count). The summed E-state index contributed by atoms with van der Waals surface area (Å²) < 4.78 is 55.4. The Balaban J connectivity index is 1.71. The summed E-state index contributed by atoms with van der Waals surface area (Å²) in [6.45, 7) is 0.747. The molecule has 0 saturated heterocycles. The lowest BCUT2D eigenvalue weighted by Gasteiger charge is -2.17. The van der Waals surface area contributed by atoms with Crippen LogP contribution < -0.4 is 9.46 Å². The van der Waals surface area contributed by atoms with Crippen LogP contribution in [0.3, 0.4) is 0 Å². The molecular formula is C20H26N2O6S2. The van der Waals surface area contributed by atoms with Crippen molar-refractivity contribution in [3.63, 3.8) is 0 Å². The molecule has 164 valence electrons. The van der Waals surface area contributed by atoms with Crippen molar-refractivity contribution in [3.8, 4) is 5.75 Å². The third kappa shape index (κ3) is 7.43. The van der Waals surface area contributed by atoms with Crippen molar-refractivity contribution in [1.82, 2.24) is 9.62 Å². The van der Waals surface area contributed by atoms with Crippen molar-refractivity contribution >= 4 is 25.8 Å². The Kier molecular flexibility index (Phi) is 8.39. The molecule has 0 aliphatic rings. The fourth-order valence-electron chi connectivity index (χ4n) is 2.58. The normalized spacial score (nSPS) is 11.8. The van der Waals surface area contributed by atoms with Gasteiger partial charge in [-0.05, 0) is 36.8 Å². The average Bonchev–Trinajstić information content (AvgIpc) is 2.71. The van der Waals surface area contributed by atoms with E-state index < -0.39 is 19.9 Å². The highest BCUT2D eigenvalue weighted by atomic mass is 32.2. The van der Waals surface area contributed by atoms with Crippen LogP contribution >= 0.6 is 0 Å². The van der Waals surface area contributed by atoms with Crippen LogP contribution in [0.2, 0.25) is 0 Å². The molecule has 10 heteroatoms. The van der Waals surface area contributed by atoms with Gasteiger partial charge in [-0.25, -0.2) is 21.6 Å². The number of hydrogen-bond acceptors (Lipinski definition) is 6. The van der Waals surface area contributed by atoms with Crippen molar-refractivity contribution in [2.75, 3.05) is 33.0 Å². The van der Waals surface area contributed by atoms with Crippen LogP contribution in [0.5, 0.6) is 5.75 Å². The van der Waals surface area contributed by atoms with E-state index in [0.717, 1.165) is 6.26 Å². The first-order valence-electron chi connectivity index (χ1n) is 9.31. The van der Waals surface area contributed by atoms with Gasteiger partial charge in [0.15, 0.2) is 9.84 Å². The molecule has 8 nitrogen and oxygen atoms in total. The van der Waals surface area contributed by atoms with E-state index in [0.29, 0.717) is 25.3 Å². The number of benzene rings is 2. The molecule has 0 saturated carbocycles. The summed E-state index contributed by atoms with van der Waals surface area (Å²) in [5.41, 5.74) is 0. The van der Waals surface area contributed by atoms with Crippen LogP contribution in [0, 0.1) is 0 Å². The van der Waals surface area contributed by atoms with E-state index in [2.05, 4.69) is 4.72 Å². The number of amides is 1. The van der Waals surface area contributed by atoms with Gasteiger partial charge < -0.3 is 9.64 Å². The monoisotopic (exact) mass is 454 g/mol. The first kappa shape index (κ1) is 23.8. The number of carbonyl (C=O) groups excluding carboxylic acids is 1. The zero-order chi connectivity index (χ0) is 22.2. The number of sulfonamides is 1. The number of rotatable bonds is 11. The Morgan fingerprint density at radius 3 is 2.33 bits per heavy atom. The first-order chi connectivity index (χ1) is 14.1. The third-order valence-corrected chi connectivity index (χ3v) is 6.84. The molecule has 0 fully saturated rings. The lowest BCUT2D eigenvalue weighted by molar-refractivity contribution is -0.129. The minimum atomic E-state index is -3.63. The smallest absolute Gasteiger partial charge is 0.240 e. The lowest BCUT2D eigenvalue weighted by Crippen LogP contribution is -2.33. The summed E-state index contributed by atoms with van der Waals surface area (Å²) in [7, 11) is -5.29. The number of carbonyl (C=O) groups is 1. The Morgan fingerprint density at radius 1 is 1.00 bits per heavy atom. The molecule has 0 aliphatic carbocycles. The zero-order valence-electron chi connectivity index (χ0n) is 16.9. The molecule has 0 atom stereocenters. The lowest BCUT2D eigenvalue weighted by atomic mass is 10.3. The Morgan fingerprint density at radius 2 is 1.67 bits per heavy atom. The maximum absolute atomic E-state index is 12.2. The Bertz CT molecular complexity index is 1050. The largest absolute Gasteiger partial charge is 0.493 e. The number of nitrogens with zero attached hydrogens (tertiary/aromatic N) is 1. The average molecular weight is 455 g/mol. The molecule has 0 bridgehead atoms. The highest BCUT2D eigenvalue weighted by Gasteiger charge is 2.15. The van der Waals surface area contributed by atoms with Crippen LogP contribution in [0.25, 0.3) is 0 Å². The quantitative estimate of drug-likeness (QED) is 0.518. The highest BCUT2D eigenvalue weighted by molar-refractivity contribution is 7.90. The van der Waals surface area contributed by atoms with Gasteiger partial charge >= 0.3 is 0 Å². The van der Waals surface area contributed by atoms with E-state index in [4.69, 9.17) is 4.74 Å². The molecule has 1 amide bonds. The Labute approximate surface area is 177 Å². The van der Waals surface area contributed by atoms with Crippen LogP contribution in [0.15, 0.2) is 64.4 Å². The van der Waals surface area contributed by atoms with Gasteiger partial charge in [0, 0.05) is 32.8 Å². The van der Waals surface area contributed by atoms with Crippen LogP contribution in [-0.4, -0.2) is 60.6 Å². The van der Waals surface area contributed by atoms with Crippen molar-refractivity contribution in [2.24, 2.45) is 0 Å². The molecule has 0 heterocycles. The number of hydrogen-bond donors (Lipinski definition) is 1. The minimum absolute atomic E-state index is 0.00911. The summed E-state index contributed by atoms with van der Waals surface area (Å²) in [5, 5.41) is 0. The fraction of sp³-hybridized carbons (Fsp3) is 0.350. The minimum Gasteiger partial charge on any atom is -0.493 e. The van der Waals surface area contributed by atoms with Gasteiger partial charge in [0.05, 0.1) is 16.4 Å². The van der Waals surface area contributed by atoms with Gasteiger partial charge in [-0.3, -0.25) is 4.79 Å². The van der Waals surface area contributed by atoms with E-state index >= 15 is 0 Å². The molecule has 0 aliphatic heterocycles. The second-order valence-corrected chi connectivity index (χ2v) is 10.5. The van der Waals surface area contributed by atoms with Gasteiger partial charge in [0.25, 0.3) is 0 Å². The van der Waals surface area contributed by atoms with Crippen LogP contribution in [0.1, 0.15) is 12.8 Å². The first-order valence-corrected chi connectivity index (χ1v) is 12.7. The van der Waals surface area contributed by atoms with Gasteiger partial charge in [0.1, 0.15) is 5.75 Å². The summed E-state index contributed by atoms with van der Waals surface area (Å²) >= 11 is 0. The summed E-state index contributed by atoms with van der Waals surface area (Å²) in [5.74, 6) is 0.257. The zero-order valence-corrected chi connectivity index (χ0v) is 18.6. The number of nitrogens with one attached hydrogen (secondary N) is 1. The maximum atomic E-state index is 12.2. The van der Waals surface area contributed by atoms with Crippen molar-refractivity contribution in [2.45, 2.75) is 22.6 Å². The van der Waals surface area contributed by atoms with E-state index in [1.165, 1.54) is 29.2 Å². The van der Waals surface area contributed by atoms with E-state index in [-0.39, 0.29) is 28.7 Å². The molecule has 0 spiro atoms. The molecule has 2 aromatic rings. The van der Waals surface area contributed by atoms with E-state index in [9.17, 15) is 21.6 Å². The second-order valence-electron chi connectivity index (χ2n) is 6.73. The molecule has 0 unspecified atom stereocenters. The van der Waals surface area contributed by atoms with Gasteiger partial charge in [-0.15, -0.1) is 0 Å². The van der Waals surface area contributed by atoms with Gasteiger partial charge in [0.2, 0.25) is 15.9 Å². The van der Waals surface area contributed by atoms with Crippen LogP contribution in [-0.2, 0) is 24.7 Å². The molecular weight excluding hydrogens is 428 g/mol. The van der Waals surface area contributed by atoms with Crippen molar-refractivity contribution < 1.29 is 26.4 Å².